The Balaban J connectivity index is 2.72. The highest BCUT2D eigenvalue weighted by atomic mass is 79.9. The molecule has 0 aliphatic heterocycles. The van der Waals surface area contributed by atoms with Crippen molar-refractivity contribution >= 4 is 24.5 Å². The van der Waals surface area contributed by atoms with Crippen LogP contribution in [0, 0.1) is 0 Å². The smallest absolute Gasteiger partial charge is 0.349 e. The number of benzene rings is 1. The van der Waals surface area contributed by atoms with Crippen LogP contribution in [0.5, 0.6) is 0 Å². The molecule has 0 spiro atoms. The van der Waals surface area contributed by atoms with E-state index in [4.69, 9.17) is 8.85 Å². The fraction of sp³-hybridized carbons (Fsp3) is 0.600. The summed E-state index contributed by atoms with van der Waals surface area (Å²) in [5.41, 5.74) is 1.35. The van der Waals surface area contributed by atoms with Gasteiger partial charge in [0.1, 0.15) is 0 Å². The van der Waals surface area contributed by atoms with Gasteiger partial charge in [-0.05, 0) is 45.7 Å². The van der Waals surface area contributed by atoms with Crippen LogP contribution in [0.15, 0.2) is 30.3 Å². The second-order valence-electron chi connectivity index (χ2n) is 5.36. The highest BCUT2D eigenvalue weighted by molar-refractivity contribution is 9.09. The van der Waals surface area contributed by atoms with Crippen molar-refractivity contribution in [2.24, 2.45) is 0 Å². The van der Waals surface area contributed by atoms with Gasteiger partial charge in [-0.2, -0.15) is 0 Å². The number of hydrogen-bond acceptors (Lipinski definition) is 2. The molecule has 2 nitrogen and oxygen atoms in total. The Morgan fingerprint density at radius 2 is 1.53 bits per heavy atom. The normalized spacial score (nSPS) is 12.4. The molecule has 108 valence electrons. The second-order valence-corrected chi connectivity index (χ2v) is 10.1. The molecule has 1 aromatic carbocycles. The number of rotatable bonds is 8. The molecule has 0 saturated heterocycles. The number of aryl methyl sites for hydroxylation is 1. The van der Waals surface area contributed by atoms with Crippen LogP contribution in [0.25, 0.3) is 0 Å². The Bertz CT molecular complexity index is 344. The van der Waals surface area contributed by atoms with Gasteiger partial charge in [-0.1, -0.05) is 46.3 Å². The average Bonchev–Trinajstić information content (AvgIpc) is 2.36. The van der Waals surface area contributed by atoms with Gasteiger partial charge in [-0.3, -0.25) is 0 Å². The van der Waals surface area contributed by atoms with Crippen LogP contribution in [0.1, 0.15) is 33.3 Å². The first-order valence-electron chi connectivity index (χ1n) is 6.93. The summed E-state index contributed by atoms with van der Waals surface area (Å²) in [5, 5.41) is 0. The highest BCUT2D eigenvalue weighted by Crippen LogP contribution is 2.23. The van der Waals surface area contributed by atoms with E-state index in [9.17, 15) is 0 Å². The third kappa shape index (κ3) is 6.21. The quantitative estimate of drug-likeness (QED) is 0.512. The minimum atomic E-state index is -2.16. The van der Waals surface area contributed by atoms with Crippen molar-refractivity contribution in [3.8, 4) is 0 Å². The van der Waals surface area contributed by atoms with Crippen molar-refractivity contribution in [2.75, 3.05) is 4.95 Å². The van der Waals surface area contributed by atoms with Gasteiger partial charge < -0.3 is 8.85 Å². The van der Waals surface area contributed by atoms with Gasteiger partial charge in [0.2, 0.25) is 0 Å². The third-order valence-corrected chi connectivity index (χ3v) is 8.53. The van der Waals surface area contributed by atoms with Crippen molar-refractivity contribution in [2.45, 2.75) is 52.4 Å². The lowest BCUT2D eigenvalue weighted by molar-refractivity contribution is 0.109. The maximum atomic E-state index is 6.19. The number of hydrogen-bond donors (Lipinski definition) is 0. The summed E-state index contributed by atoms with van der Waals surface area (Å²) in [5.74, 6) is 0. The van der Waals surface area contributed by atoms with Crippen LogP contribution in [0.4, 0.5) is 0 Å². The van der Waals surface area contributed by atoms with Gasteiger partial charge in [-0.25, -0.2) is 0 Å². The van der Waals surface area contributed by atoms with Crippen molar-refractivity contribution in [3.63, 3.8) is 0 Å². The number of halogens is 1. The van der Waals surface area contributed by atoms with Crippen molar-refractivity contribution in [3.05, 3.63) is 35.9 Å². The molecule has 0 fully saturated rings. The van der Waals surface area contributed by atoms with E-state index in [1.807, 2.05) is 6.07 Å². The van der Waals surface area contributed by atoms with E-state index in [-0.39, 0.29) is 12.2 Å². The van der Waals surface area contributed by atoms with Gasteiger partial charge in [0.05, 0.1) is 0 Å². The van der Waals surface area contributed by atoms with Gasteiger partial charge in [0.15, 0.2) is 0 Å². The minimum Gasteiger partial charge on any atom is -0.391 e. The molecule has 0 bridgehead atoms. The largest absolute Gasteiger partial charge is 0.391 e. The number of alkyl halides is 1. The zero-order chi connectivity index (χ0) is 14.3. The zero-order valence-corrected chi connectivity index (χ0v) is 14.9. The van der Waals surface area contributed by atoms with Crippen LogP contribution >= 0.6 is 15.9 Å². The topological polar surface area (TPSA) is 18.5 Å². The van der Waals surface area contributed by atoms with E-state index < -0.39 is 8.56 Å². The van der Waals surface area contributed by atoms with Gasteiger partial charge in [0, 0.05) is 17.2 Å². The standard InChI is InChI=1S/C15H25BrO2Si/c1-13(2)17-19(12-16,18-14(3)4)11-10-15-8-6-5-7-9-15/h5-9,13-14H,10-12H2,1-4H3. The first kappa shape index (κ1) is 16.9. The Morgan fingerprint density at radius 1 is 1.00 bits per heavy atom. The van der Waals surface area contributed by atoms with Crippen LogP contribution in [0.3, 0.4) is 0 Å². The molecule has 0 radical (unpaired) electrons. The first-order valence-corrected chi connectivity index (χ1v) is 10.3. The first-order chi connectivity index (χ1) is 8.97. The predicted molar refractivity (Wildman–Crippen MR) is 86.9 cm³/mol. The van der Waals surface area contributed by atoms with E-state index in [0.717, 1.165) is 17.4 Å². The van der Waals surface area contributed by atoms with E-state index in [1.54, 1.807) is 0 Å². The Morgan fingerprint density at radius 3 is 1.95 bits per heavy atom. The second kappa shape index (κ2) is 8.20. The van der Waals surface area contributed by atoms with Gasteiger partial charge >= 0.3 is 8.56 Å². The Labute approximate surface area is 126 Å². The zero-order valence-electron chi connectivity index (χ0n) is 12.4. The molecule has 1 aromatic rings. The SMILES string of the molecule is CC(C)O[Si](CBr)(CCc1ccccc1)OC(C)C. The summed E-state index contributed by atoms with van der Waals surface area (Å²) in [7, 11) is -2.16. The summed E-state index contributed by atoms with van der Waals surface area (Å²) in [6.07, 6.45) is 1.43. The fourth-order valence-corrected chi connectivity index (χ4v) is 6.69. The van der Waals surface area contributed by atoms with Gasteiger partial charge in [0.25, 0.3) is 0 Å². The molecule has 0 N–H and O–H groups in total. The molecule has 4 heteroatoms. The molecule has 0 unspecified atom stereocenters. The third-order valence-electron chi connectivity index (χ3n) is 2.74. The van der Waals surface area contributed by atoms with Crippen LogP contribution in [-0.2, 0) is 15.3 Å². The van der Waals surface area contributed by atoms with E-state index in [2.05, 4.69) is 67.9 Å². The van der Waals surface area contributed by atoms with Crippen molar-refractivity contribution in [1.29, 1.82) is 0 Å². The monoisotopic (exact) mass is 344 g/mol. The molecule has 0 aromatic heterocycles. The van der Waals surface area contributed by atoms with E-state index >= 15 is 0 Å². The Kier molecular flexibility index (Phi) is 7.29. The van der Waals surface area contributed by atoms with E-state index in [1.165, 1.54) is 5.56 Å². The summed E-state index contributed by atoms with van der Waals surface area (Å²) in [6, 6.07) is 11.5. The van der Waals surface area contributed by atoms with Crippen LogP contribution < -0.4 is 0 Å². The van der Waals surface area contributed by atoms with Crippen LogP contribution in [-0.4, -0.2) is 25.7 Å². The van der Waals surface area contributed by atoms with Crippen molar-refractivity contribution in [1.82, 2.24) is 0 Å². The van der Waals surface area contributed by atoms with E-state index in [0.29, 0.717) is 0 Å². The van der Waals surface area contributed by atoms with Gasteiger partial charge in [-0.15, -0.1) is 0 Å². The maximum absolute atomic E-state index is 6.19. The summed E-state index contributed by atoms with van der Waals surface area (Å²) in [6.45, 7) is 8.32. The summed E-state index contributed by atoms with van der Waals surface area (Å²) in [4.78, 5) is 0.823. The summed E-state index contributed by atoms with van der Waals surface area (Å²) >= 11 is 3.62. The lowest BCUT2D eigenvalue weighted by Crippen LogP contribution is -2.48. The highest BCUT2D eigenvalue weighted by Gasteiger charge is 2.38. The Hall–Kier alpha value is -0.163. The maximum Gasteiger partial charge on any atom is 0.349 e. The van der Waals surface area contributed by atoms with Crippen LogP contribution in [0.2, 0.25) is 6.04 Å². The molecule has 0 aliphatic carbocycles. The fourth-order valence-electron chi connectivity index (χ4n) is 2.11. The average molecular weight is 345 g/mol. The lowest BCUT2D eigenvalue weighted by Gasteiger charge is -2.33. The molecule has 19 heavy (non-hydrogen) atoms. The van der Waals surface area contributed by atoms with Crippen molar-refractivity contribution < 1.29 is 8.85 Å². The summed E-state index contributed by atoms with van der Waals surface area (Å²) < 4.78 is 12.4. The minimum absolute atomic E-state index is 0.207. The molecule has 1 rings (SSSR count). The molecular weight excluding hydrogens is 320 g/mol. The molecule has 0 heterocycles. The molecule has 0 aliphatic rings. The molecule has 0 saturated carbocycles. The molecular formula is C15H25BrO2Si. The predicted octanol–water partition coefficient (Wildman–Crippen LogP) is 4.46. The molecule has 0 amide bonds. The lowest BCUT2D eigenvalue weighted by atomic mass is 10.2. The molecule has 0 atom stereocenters.